The zero-order valence-corrected chi connectivity index (χ0v) is 15.7. The number of hydrogen-bond donors (Lipinski definition) is 1. The van der Waals surface area contributed by atoms with Crippen molar-refractivity contribution in [1.82, 2.24) is 9.88 Å². The number of nitrogens with zero attached hydrogens (tertiary/aromatic N) is 3. The molecular weight excluding hydrogens is 374 g/mol. The average Bonchev–Trinajstić information content (AvgIpc) is 3.06. The van der Waals surface area contributed by atoms with Gasteiger partial charge in [0.15, 0.2) is 0 Å². The summed E-state index contributed by atoms with van der Waals surface area (Å²) in [7, 11) is 0. The summed E-state index contributed by atoms with van der Waals surface area (Å²) in [6, 6.07) is 14.9. The minimum Gasteiger partial charge on any atom is -0.478 e. The fourth-order valence-electron chi connectivity index (χ4n) is 3.64. The summed E-state index contributed by atoms with van der Waals surface area (Å²) in [6.07, 6.45) is 3.15. The number of fused-ring (bicyclic) bond motifs is 1. The first-order valence-corrected chi connectivity index (χ1v) is 9.46. The van der Waals surface area contributed by atoms with E-state index in [0.717, 1.165) is 5.56 Å². The molecule has 1 fully saturated rings. The molecule has 1 amide bonds. The molecule has 0 spiro atoms. The number of carbonyl (C=O) groups is 2. The second kappa shape index (κ2) is 6.98. The highest BCUT2D eigenvalue weighted by atomic mass is 32.2. The van der Waals surface area contributed by atoms with Crippen LogP contribution < -0.4 is 0 Å². The van der Waals surface area contributed by atoms with Crippen LogP contribution in [0.1, 0.15) is 29.2 Å². The number of aliphatic carboxylic acids is 1. The van der Waals surface area contributed by atoms with Crippen molar-refractivity contribution in [3.05, 3.63) is 87.9 Å². The fourth-order valence-corrected chi connectivity index (χ4v) is 4.99. The first-order valence-electron chi connectivity index (χ1n) is 8.58. The third-order valence-electron chi connectivity index (χ3n) is 4.88. The number of pyridine rings is 1. The molecule has 2 unspecified atom stereocenters. The highest BCUT2D eigenvalue weighted by molar-refractivity contribution is 8.04. The van der Waals surface area contributed by atoms with Crippen molar-refractivity contribution in [2.45, 2.75) is 18.1 Å². The zero-order valence-electron chi connectivity index (χ0n) is 14.9. The molecule has 0 radical (unpaired) electrons. The molecule has 2 aliphatic rings. The summed E-state index contributed by atoms with van der Waals surface area (Å²) in [6.45, 7) is 1.62. The van der Waals surface area contributed by atoms with Gasteiger partial charge in [-0.15, -0.1) is 0 Å². The molecule has 0 bridgehead atoms. The largest absolute Gasteiger partial charge is 0.478 e. The molecular formula is C21H15N3O3S. The van der Waals surface area contributed by atoms with E-state index in [1.807, 2.05) is 30.3 Å². The third-order valence-corrected chi connectivity index (χ3v) is 6.22. The lowest BCUT2D eigenvalue weighted by Crippen LogP contribution is -2.33. The van der Waals surface area contributed by atoms with Crippen molar-refractivity contribution < 1.29 is 14.7 Å². The van der Waals surface area contributed by atoms with Gasteiger partial charge in [-0.3, -0.25) is 14.7 Å². The van der Waals surface area contributed by atoms with Gasteiger partial charge in [0, 0.05) is 18.1 Å². The predicted octanol–water partition coefficient (Wildman–Crippen LogP) is 3.59. The fraction of sp³-hybridized carbons (Fsp3) is 0.143. The van der Waals surface area contributed by atoms with Crippen LogP contribution >= 0.6 is 11.8 Å². The molecule has 2 aromatic rings. The summed E-state index contributed by atoms with van der Waals surface area (Å²) >= 11 is 1.29. The Morgan fingerprint density at radius 1 is 1.21 bits per heavy atom. The number of aromatic nitrogens is 1. The van der Waals surface area contributed by atoms with E-state index in [2.05, 4.69) is 11.1 Å². The lowest BCUT2D eigenvalue weighted by molar-refractivity contribution is -0.133. The Labute approximate surface area is 165 Å². The van der Waals surface area contributed by atoms with E-state index < -0.39 is 17.1 Å². The molecule has 7 heteroatoms. The smallest absolute Gasteiger partial charge is 0.334 e. The lowest BCUT2D eigenvalue weighted by Gasteiger charge is -2.31. The van der Waals surface area contributed by atoms with Gasteiger partial charge in [0.2, 0.25) is 5.91 Å². The minimum atomic E-state index is -1.15. The van der Waals surface area contributed by atoms with Crippen LogP contribution in [0.3, 0.4) is 0 Å². The zero-order chi connectivity index (χ0) is 19.8. The minimum absolute atomic E-state index is 0.0240. The topological polar surface area (TPSA) is 94.3 Å². The number of carbonyl (C=O) groups excluding carboxylic acids is 1. The molecule has 28 heavy (non-hydrogen) atoms. The molecule has 0 aliphatic carbocycles. The molecule has 4 rings (SSSR count). The molecule has 3 heterocycles. The second-order valence-corrected chi connectivity index (χ2v) is 7.53. The number of rotatable bonds is 3. The molecule has 2 aliphatic heterocycles. The van der Waals surface area contributed by atoms with Gasteiger partial charge in [0.25, 0.3) is 0 Å². The van der Waals surface area contributed by atoms with Crippen LogP contribution in [0.5, 0.6) is 0 Å². The maximum Gasteiger partial charge on any atom is 0.334 e. The molecule has 2 atom stereocenters. The number of thioether (sulfide) groups is 1. The normalized spacial score (nSPS) is 21.6. The van der Waals surface area contributed by atoms with E-state index in [4.69, 9.17) is 0 Å². The third kappa shape index (κ3) is 2.70. The lowest BCUT2D eigenvalue weighted by atomic mass is 9.82. The second-order valence-electron chi connectivity index (χ2n) is 6.44. The summed E-state index contributed by atoms with van der Waals surface area (Å²) in [5.74, 6) is -2.16. The Bertz CT molecular complexity index is 1070. The predicted molar refractivity (Wildman–Crippen MR) is 104 cm³/mol. The van der Waals surface area contributed by atoms with Crippen LogP contribution in [0, 0.1) is 11.3 Å². The molecule has 1 aromatic heterocycles. The quantitative estimate of drug-likeness (QED) is 0.862. The summed E-state index contributed by atoms with van der Waals surface area (Å²) in [4.78, 5) is 30.7. The van der Waals surface area contributed by atoms with E-state index in [1.165, 1.54) is 16.7 Å². The first-order chi connectivity index (χ1) is 13.5. The monoisotopic (exact) mass is 389 g/mol. The SMILES string of the molecule is CC1=C(C(=O)O)C(c2cccnc2)C(C#N)=C2SC(c3ccccc3)C(=O)N12. The van der Waals surface area contributed by atoms with Gasteiger partial charge >= 0.3 is 5.97 Å². The van der Waals surface area contributed by atoms with E-state index >= 15 is 0 Å². The summed E-state index contributed by atoms with van der Waals surface area (Å²) in [5.41, 5.74) is 2.05. The van der Waals surface area contributed by atoms with Crippen LogP contribution in [0.15, 0.2) is 76.7 Å². The molecule has 1 saturated heterocycles. The number of carboxylic acids is 1. The number of allylic oxidation sites excluding steroid dienone is 2. The number of hydrogen-bond acceptors (Lipinski definition) is 5. The van der Waals surface area contributed by atoms with Gasteiger partial charge in [-0.05, 0) is 24.1 Å². The number of benzene rings is 1. The maximum atomic E-state index is 13.1. The highest BCUT2D eigenvalue weighted by Crippen LogP contribution is 2.54. The number of nitriles is 1. The van der Waals surface area contributed by atoms with Gasteiger partial charge in [-0.25, -0.2) is 4.79 Å². The van der Waals surface area contributed by atoms with Crippen molar-refractivity contribution in [3.8, 4) is 6.07 Å². The van der Waals surface area contributed by atoms with Gasteiger partial charge in [-0.2, -0.15) is 5.26 Å². The van der Waals surface area contributed by atoms with Crippen LogP contribution in [0.2, 0.25) is 0 Å². The number of carboxylic acid groups (broad SMARTS) is 1. The Morgan fingerprint density at radius 2 is 1.93 bits per heavy atom. The maximum absolute atomic E-state index is 13.1. The Balaban J connectivity index is 1.92. The molecule has 6 nitrogen and oxygen atoms in total. The standard InChI is InChI=1S/C21H15N3O3S/c1-12-16(21(26)27)17(14-8-5-9-23-11-14)15(10-22)20-24(12)19(25)18(28-20)13-6-3-2-4-7-13/h2-9,11,17-18H,1H3,(H,26,27). The van der Waals surface area contributed by atoms with Crippen molar-refractivity contribution in [2.24, 2.45) is 0 Å². The van der Waals surface area contributed by atoms with Crippen molar-refractivity contribution in [3.63, 3.8) is 0 Å². The van der Waals surface area contributed by atoms with Gasteiger partial charge in [0.1, 0.15) is 5.25 Å². The van der Waals surface area contributed by atoms with Crippen LogP contribution in [0.25, 0.3) is 0 Å². The molecule has 1 N–H and O–H groups in total. The molecule has 0 saturated carbocycles. The van der Waals surface area contributed by atoms with Crippen LogP contribution in [0.4, 0.5) is 0 Å². The molecule has 1 aromatic carbocycles. The Hall–Kier alpha value is -3.37. The van der Waals surface area contributed by atoms with Crippen molar-refractivity contribution in [2.75, 3.05) is 0 Å². The average molecular weight is 389 g/mol. The van der Waals surface area contributed by atoms with Crippen molar-refractivity contribution >= 4 is 23.6 Å². The van der Waals surface area contributed by atoms with E-state index in [1.54, 1.807) is 31.5 Å². The van der Waals surface area contributed by atoms with Crippen LogP contribution in [-0.2, 0) is 9.59 Å². The number of amides is 1. The first kappa shape index (κ1) is 18.0. The van der Waals surface area contributed by atoms with E-state index in [9.17, 15) is 20.0 Å². The van der Waals surface area contributed by atoms with Crippen molar-refractivity contribution in [1.29, 1.82) is 5.26 Å². The Kier molecular flexibility index (Phi) is 4.49. The van der Waals surface area contributed by atoms with Gasteiger partial charge < -0.3 is 5.11 Å². The van der Waals surface area contributed by atoms with E-state index in [0.29, 0.717) is 16.3 Å². The van der Waals surface area contributed by atoms with E-state index in [-0.39, 0.29) is 17.1 Å². The Morgan fingerprint density at radius 3 is 2.54 bits per heavy atom. The summed E-state index contributed by atoms with van der Waals surface area (Å²) in [5, 5.41) is 19.8. The van der Waals surface area contributed by atoms with Gasteiger partial charge in [0.05, 0.1) is 28.2 Å². The molecule has 138 valence electrons. The van der Waals surface area contributed by atoms with Gasteiger partial charge in [-0.1, -0.05) is 48.2 Å². The van der Waals surface area contributed by atoms with Crippen LogP contribution in [-0.4, -0.2) is 26.9 Å². The highest BCUT2D eigenvalue weighted by Gasteiger charge is 2.47. The summed E-state index contributed by atoms with van der Waals surface area (Å²) < 4.78 is 0.